The molecule has 0 atom stereocenters. The van der Waals surface area contributed by atoms with Gasteiger partial charge in [0, 0.05) is 82.5 Å². The van der Waals surface area contributed by atoms with E-state index in [0.29, 0.717) is 11.4 Å². The van der Waals surface area contributed by atoms with Crippen LogP contribution in [0.15, 0.2) is 358 Å². The molecule has 0 saturated heterocycles. The summed E-state index contributed by atoms with van der Waals surface area (Å²) in [6.45, 7) is 0. The average Bonchev–Trinajstić information content (AvgIpc) is 1.59. The Labute approximate surface area is 587 Å². The molecule has 0 aliphatic carbocycles. The van der Waals surface area contributed by atoms with Gasteiger partial charge >= 0.3 is 0 Å². The van der Waals surface area contributed by atoms with Gasteiger partial charge in [-0.05, 0) is 184 Å². The summed E-state index contributed by atoms with van der Waals surface area (Å²) in [5.41, 5.74) is 27.9. The first-order valence-electron chi connectivity index (χ1n) is 34.6. The third kappa shape index (κ3) is 9.65. The van der Waals surface area contributed by atoms with Gasteiger partial charge in [-0.25, -0.2) is 9.97 Å². The van der Waals surface area contributed by atoms with Gasteiger partial charge in [0.2, 0.25) is 0 Å². The molecular formula is C95H59N7. The second kappa shape index (κ2) is 23.7. The zero-order valence-electron chi connectivity index (χ0n) is 55.2. The van der Waals surface area contributed by atoms with Gasteiger partial charge in [0.05, 0.1) is 67.2 Å². The fraction of sp³-hybridized carbons (Fsp3) is 0. The summed E-state index contributed by atoms with van der Waals surface area (Å²) in [6.07, 6.45) is 0. The lowest BCUT2D eigenvalue weighted by atomic mass is 10.0. The van der Waals surface area contributed by atoms with Crippen LogP contribution in [0.1, 0.15) is 5.56 Å². The third-order valence-electron chi connectivity index (χ3n) is 20.6. The van der Waals surface area contributed by atoms with Gasteiger partial charge < -0.3 is 18.3 Å². The number of nitrogens with zero attached hydrogens (tertiary/aromatic N) is 7. The molecule has 0 unspecified atom stereocenters. The molecule has 0 spiro atoms. The molecule has 0 N–H and O–H groups in total. The second-order valence-corrected chi connectivity index (χ2v) is 26.4. The molecule has 20 rings (SSSR count). The fourth-order valence-corrected chi connectivity index (χ4v) is 15.7. The number of para-hydroxylation sites is 6. The van der Waals surface area contributed by atoms with Crippen molar-refractivity contribution in [1.29, 1.82) is 5.26 Å². The van der Waals surface area contributed by atoms with Gasteiger partial charge in [-0.15, -0.1) is 0 Å². The van der Waals surface area contributed by atoms with E-state index in [1.54, 1.807) is 0 Å². The number of nitriles is 1. The maximum absolute atomic E-state index is 9.51. The maximum Gasteiger partial charge on any atom is 0.160 e. The van der Waals surface area contributed by atoms with Crippen LogP contribution in [0.3, 0.4) is 0 Å². The Bertz CT molecular complexity index is 6770. The summed E-state index contributed by atoms with van der Waals surface area (Å²) in [7, 11) is 0. The molecule has 0 saturated carbocycles. The molecule has 5 aromatic heterocycles. The highest BCUT2D eigenvalue weighted by molar-refractivity contribution is 6.15. The van der Waals surface area contributed by atoms with Crippen LogP contribution in [-0.4, -0.2) is 28.2 Å². The minimum Gasteiger partial charge on any atom is -0.309 e. The van der Waals surface area contributed by atoms with Crippen LogP contribution in [0.5, 0.6) is 0 Å². The van der Waals surface area contributed by atoms with Crippen LogP contribution in [0.2, 0.25) is 0 Å². The molecule has 0 radical (unpaired) electrons. The lowest BCUT2D eigenvalue weighted by Crippen LogP contribution is -1.98. The molecule has 0 amide bonds. The van der Waals surface area contributed by atoms with E-state index >= 15 is 0 Å². The average molecular weight is 1300 g/mol. The van der Waals surface area contributed by atoms with Crippen molar-refractivity contribution in [2.45, 2.75) is 0 Å². The first-order chi connectivity index (χ1) is 50.5. The number of fused-ring (bicyclic) bond motifs is 12. The highest BCUT2D eigenvalue weighted by Gasteiger charge is 2.21. The van der Waals surface area contributed by atoms with Crippen molar-refractivity contribution in [3.8, 4) is 107 Å². The van der Waals surface area contributed by atoms with Crippen LogP contribution in [0.25, 0.3) is 188 Å². The summed E-state index contributed by atoms with van der Waals surface area (Å²) in [5.74, 6) is 0.623. The topological polar surface area (TPSA) is 69.3 Å². The van der Waals surface area contributed by atoms with Gasteiger partial charge in [0.15, 0.2) is 5.82 Å². The molecule has 7 nitrogen and oxygen atoms in total. The van der Waals surface area contributed by atoms with E-state index in [1.165, 1.54) is 81.8 Å². The van der Waals surface area contributed by atoms with Gasteiger partial charge in [-0.1, -0.05) is 218 Å². The van der Waals surface area contributed by atoms with E-state index in [-0.39, 0.29) is 0 Å². The minimum atomic E-state index is 0.623. The van der Waals surface area contributed by atoms with E-state index in [0.717, 1.165) is 101 Å². The van der Waals surface area contributed by atoms with Crippen LogP contribution < -0.4 is 0 Å². The van der Waals surface area contributed by atoms with Crippen molar-refractivity contribution in [2.24, 2.45) is 0 Å². The molecule has 7 heteroatoms. The minimum absolute atomic E-state index is 0.623. The number of hydrogen-bond acceptors (Lipinski definition) is 3. The Hall–Kier alpha value is -13.9. The van der Waals surface area contributed by atoms with E-state index < -0.39 is 0 Å². The number of rotatable bonds is 11. The summed E-state index contributed by atoms with van der Waals surface area (Å²) in [6, 6.07) is 131. The van der Waals surface area contributed by atoms with Crippen LogP contribution in [-0.2, 0) is 0 Å². The second-order valence-electron chi connectivity index (χ2n) is 26.4. The first kappa shape index (κ1) is 58.2. The third-order valence-corrected chi connectivity index (χ3v) is 20.6. The van der Waals surface area contributed by atoms with E-state index in [4.69, 9.17) is 9.97 Å². The summed E-state index contributed by atoms with van der Waals surface area (Å²) in [4.78, 5) is 10.7. The summed E-state index contributed by atoms with van der Waals surface area (Å²) >= 11 is 0. The van der Waals surface area contributed by atoms with Crippen molar-refractivity contribution in [1.82, 2.24) is 28.2 Å². The predicted molar refractivity (Wildman–Crippen MR) is 422 cm³/mol. The predicted octanol–water partition coefficient (Wildman–Crippen LogP) is 24.4. The van der Waals surface area contributed by atoms with Gasteiger partial charge in [-0.2, -0.15) is 5.26 Å². The summed E-state index contributed by atoms with van der Waals surface area (Å²) < 4.78 is 9.52. The molecule has 0 bridgehead atoms. The van der Waals surface area contributed by atoms with Crippen molar-refractivity contribution >= 4 is 87.2 Å². The van der Waals surface area contributed by atoms with Crippen LogP contribution >= 0.6 is 0 Å². The zero-order valence-corrected chi connectivity index (χ0v) is 55.2. The molecule has 0 aliphatic heterocycles. The smallest absolute Gasteiger partial charge is 0.160 e. The lowest BCUT2D eigenvalue weighted by molar-refractivity contribution is 1.16. The molecule has 0 fully saturated rings. The van der Waals surface area contributed by atoms with Gasteiger partial charge in [0.25, 0.3) is 0 Å². The van der Waals surface area contributed by atoms with E-state index in [9.17, 15) is 5.26 Å². The van der Waals surface area contributed by atoms with Crippen LogP contribution in [0.4, 0.5) is 0 Å². The quantitative estimate of drug-likeness (QED) is 0.130. The van der Waals surface area contributed by atoms with Crippen molar-refractivity contribution in [3.05, 3.63) is 363 Å². The fourth-order valence-electron chi connectivity index (χ4n) is 15.7. The van der Waals surface area contributed by atoms with Gasteiger partial charge in [-0.3, -0.25) is 0 Å². The molecule has 15 aromatic carbocycles. The van der Waals surface area contributed by atoms with Crippen LogP contribution in [0, 0.1) is 11.3 Å². The Morgan fingerprint density at radius 2 is 0.490 bits per heavy atom. The SMILES string of the molecule is N#Cc1ccc(-c2ccc(-c3nc(-c4ccc(-c5ccc(-n6c7ccccc7c7cc(-c8ccc9c(c8)c8ccccc8n9-c8ccccc8)ccc76)cc5)cc4)cc(-c4cccc(-n5c6ccccc6c6cc(-c7ccc8c(c7)c7ccccc7n8-c7ccccc7)ccc65)c4)n3)cc2)cc1. The Balaban J connectivity index is 0.635. The zero-order chi connectivity index (χ0) is 67.4. The largest absolute Gasteiger partial charge is 0.309 e. The molecule has 102 heavy (non-hydrogen) atoms. The van der Waals surface area contributed by atoms with E-state index in [2.05, 4.69) is 358 Å². The number of benzene rings is 15. The molecule has 0 aliphatic rings. The lowest BCUT2D eigenvalue weighted by Gasteiger charge is -2.13. The summed E-state index contributed by atoms with van der Waals surface area (Å²) in [5, 5.41) is 19.2. The Morgan fingerprint density at radius 3 is 0.892 bits per heavy atom. The highest BCUT2D eigenvalue weighted by Crippen LogP contribution is 2.43. The number of aromatic nitrogens is 6. The van der Waals surface area contributed by atoms with E-state index in [1.807, 2.05) is 24.3 Å². The normalized spacial score (nSPS) is 11.7. The van der Waals surface area contributed by atoms with Crippen molar-refractivity contribution in [2.75, 3.05) is 0 Å². The Kier molecular flexibility index (Phi) is 13.5. The highest BCUT2D eigenvalue weighted by atomic mass is 15.0. The molecule has 20 aromatic rings. The standard InChI is InChI=1S/C95H59N7/c96-60-61-30-32-62(33-31-61)64-36-40-67(41-37-64)95-97-85(59-86(98-95)72-16-15-21-76(54-72)102-90-29-14-10-25-80(90)84-58-71(47-53-94(84)102)69-45-51-92-82(56-69)78-23-8-12-27-88(78)100(92)74-19-5-2-6-20-74)66-38-34-63(35-39-66)65-42-48-75(49-43-65)101-89-28-13-9-24-79(89)83-57-70(46-52-93(83)101)68-44-50-91-81(55-68)77-22-7-11-26-87(77)99(91)73-17-3-1-4-18-73/h1-59H. The van der Waals surface area contributed by atoms with Crippen molar-refractivity contribution < 1.29 is 0 Å². The van der Waals surface area contributed by atoms with Gasteiger partial charge in [0.1, 0.15) is 0 Å². The molecule has 474 valence electrons. The van der Waals surface area contributed by atoms with Crippen molar-refractivity contribution in [3.63, 3.8) is 0 Å². The first-order valence-corrected chi connectivity index (χ1v) is 34.6. The monoisotopic (exact) mass is 1300 g/mol. The molecular weight excluding hydrogens is 1240 g/mol. The maximum atomic E-state index is 9.51. The Morgan fingerprint density at radius 1 is 0.196 bits per heavy atom. The molecule has 5 heterocycles. The number of hydrogen-bond donors (Lipinski definition) is 0.